The number of rotatable bonds is 6. The number of hydrogen-bond donors (Lipinski definition) is 1. The fourth-order valence-electron chi connectivity index (χ4n) is 8.18. The minimum atomic E-state index is 0.874. The predicted octanol–water partition coefficient (Wildman–Crippen LogP) is 16.2. The summed E-state index contributed by atoms with van der Waals surface area (Å²) < 4.78 is 0. The van der Waals surface area contributed by atoms with E-state index in [0.717, 1.165) is 40.0 Å². The van der Waals surface area contributed by atoms with Gasteiger partial charge in [-0.2, -0.15) is 0 Å². The summed E-state index contributed by atoms with van der Waals surface area (Å²) >= 11 is 0. The fourth-order valence-corrected chi connectivity index (χ4v) is 8.18. The number of imidazole rings is 1. The van der Waals surface area contributed by atoms with Gasteiger partial charge in [0.1, 0.15) is 5.82 Å². The zero-order valence-corrected chi connectivity index (χ0v) is 33.7. The summed E-state index contributed by atoms with van der Waals surface area (Å²) in [7, 11) is 0. The molecule has 1 aliphatic rings. The van der Waals surface area contributed by atoms with E-state index in [1.165, 1.54) is 66.1 Å². The zero-order valence-electron chi connectivity index (χ0n) is 33.7. The molecule has 0 bridgehead atoms. The molecule has 282 valence electrons. The zero-order chi connectivity index (χ0) is 39.8. The number of H-pyrrole nitrogens is 1. The molecule has 1 aliphatic carbocycles. The lowest BCUT2D eigenvalue weighted by Crippen LogP contribution is -1.95. The second kappa shape index (κ2) is 17.4. The summed E-state index contributed by atoms with van der Waals surface area (Å²) in [4.78, 5) is 8.45. The van der Waals surface area contributed by atoms with Crippen molar-refractivity contribution in [3.05, 3.63) is 206 Å². The molecule has 0 atom stereocenters. The van der Waals surface area contributed by atoms with Gasteiger partial charge in [0.25, 0.3) is 0 Å². The number of para-hydroxylation sites is 2. The maximum Gasteiger partial charge on any atom is 0.138 e. The first kappa shape index (κ1) is 37.9. The largest absolute Gasteiger partial charge is 0.338 e. The lowest BCUT2D eigenvalue weighted by Gasteiger charge is -2.22. The number of nitrogens with one attached hydrogen (secondary N) is 1. The van der Waals surface area contributed by atoms with E-state index in [-0.39, 0.29) is 0 Å². The summed E-state index contributed by atoms with van der Waals surface area (Å²) in [6.07, 6.45) is 12.0. The van der Waals surface area contributed by atoms with E-state index in [9.17, 15) is 0 Å². The first-order valence-corrected chi connectivity index (χ1v) is 20.6. The highest BCUT2D eigenvalue weighted by Crippen LogP contribution is 2.48. The fraction of sp³-hybridized carbons (Fsp3) is 0.0893. The third-order valence-corrected chi connectivity index (χ3v) is 10.7. The van der Waals surface area contributed by atoms with Gasteiger partial charge < -0.3 is 4.98 Å². The molecule has 8 aromatic carbocycles. The van der Waals surface area contributed by atoms with Gasteiger partial charge in [-0.05, 0) is 108 Å². The van der Waals surface area contributed by atoms with Crippen LogP contribution in [0.4, 0.5) is 0 Å². The quantitative estimate of drug-likeness (QED) is 0.169. The molecule has 2 heteroatoms. The van der Waals surface area contributed by atoms with Crippen molar-refractivity contribution in [3.63, 3.8) is 0 Å². The van der Waals surface area contributed by atoms with Crippen molar-refractivity contribution in [1.82, 2.24) is 9.97 Å². The van der Waals surface area contributed by atoms with Crippen LogP contribution in [-0.4, -0.2) is 9.97 Å². The SMILES string of the molecule is C1=CCC=C(c2ccccc2-c2c3ccccc3c(-c3ccccc3-c3ccccc3)c3ccc(-c4cccc(-c5nc6ccccc6[nH]5)c4)cc23)C=C1.CC.CC. The van der Waals surface area contributed by atoms with E-state index >= 15 is 0 Å². The summed E-state index contributed by atoms with van der Waals surface area (Å²) in [5, 5.41) is 4.93. The van der Waals surface area contributed by atoms with Gasteiger partial charge >= 0.3 is 0 Å². The lowest BCUT2D eigenvalue weighted by atomic mass is 9.81. The number of hydrogen-bond acceptors (Lipinski definition) is 1. The summed E-state index contributed by atoms with van der Waals surface area (Å²) in [6.45, 7) is 8.00. The molecule has 0 radical (unpaired) electrons. The van der Waals surface area contributed by atoms with Crippen molar-refractivity contribution in [1.29, 1.82) is 0 Å². The molecule has 58 heavy (non-hydrogen) atoms. The van der Waals surface area contributed by atoms with E-state index in [1.807, 2.05) is 39.8 Å². The average Bonchev–Trinajstić information content (AvgIpc) is 3.56. The van der Waals surface area contributed by atoms with Gasteiger partial charge in [-0.25, -0.2) is 4.98 Å². The molecule has 0 aliphatic heterocycles. The predicted molar refractivity (Wildman–Crippen MR) is 252 cm³/mol. The first-order chi connectivity index (χ1) is 28.8. The molecule has 1 N–H and O–H groups in total. The van der Waals surface area contributed by atoms with Crippen molar-refractivity contribution in [2.24, 2.45) is 0 Å². The number of nitrogens with zero attached hydrogens (tertiary/aromatic N) is 1. The van der Waals surface area contributed by atoms with Crippen LogP contribution in [0.2, 0.25) is 0 Å². The minimum absolute atomic E-state index is 0.874. The van der Waals surface area contributed by atoms with E-state index in [0.29, 0.717) is 0 Å². The van der Waals surface area contributed by atoms with Crippen molar-refractivity contribution in [2.45, 2.75) is 34.1 Å². The normalized spacial score (nSPS) is 12.0. The van der Waals surface area contributed by atoms with E-state index in [2.05, 4.69) is 193 Å². The van der Waals surface area contributed by atoms with Gasteiger partial charge in [0, 0.05) is 5.56 Å². The van der Waals surface area contributed by atoms with Crippen LogP contribution in [-0.2, 0) is 0 Å². The van der Waals surface area contributed by atoms with Crippen LogP contribution < -0.4 is 0 Å². The minimum Gasteiger partial charge on any atom is -0.338 e. The van der Waals surface area contributed by atoms with Crippen LogP contribution in [0.15, 0.2) is 200 Å². The molecule has 10 rings (SSSR count). The number of allylic oxidation sites excluding steroid dienone is 6. The molecule has 0 saturated carbocycles. The Balaban J connectivity index is 0.00000114. The van der Waals surface area contributed by atoms with Gasteiger partial charge in [-0.1, -0.05) is 204 Å². The van der Waals surface area contributed by atoms with Crippen molar-refractivity contribution >= 4 is 38.2 Å². The van der Waals surface area contributed by atoms with Crippen LogP contribution in [0.1, 0.15) is 39.7 Å². The Kier molecular flexibility index (Phi) is 11.4. The standard InChI is InChI=1S/C52H36N2.2C2H6/c1-2-5-18-35(17-4-1)41-24-9-11-26-43(41)51-45-28-13-12-27-44(45)50(42-25-10-8-23-40(42)36-19-6-3-7-20-36)46-32-31-38(34-47(46)51)37-21-16-22-39(33-37)52-53-48-29-14-15-30-49(48)54-52;2*1-2/h1-4,6-34H,5H2,(H,53,54);2*1-2H3. The summed E-state index contributed by atoms with van der Waals surface area (Å²) in [6, 6.07) is 61.5. The second-order valence-electron chi connectivity index (χ2n) is 13.9. The van der Waals surface area contributed by atoms with E-state index in [4.69, 9.17) is 4.98 Å². The molecular weight excluding hydrogens is 701 g/mol. The van der Waals surface area contributed by atoms with Crippen molar-refractivity contribution in [2.75, 3.05) is 0 Å². The highest BCUT2D eigenvalue weighted by Gasteiger charge is 2.21. The first-order valence-electron chi connectivity index (χ1n) is 20.6. The van der Waals surface area contributed by atoms with Crippen molar-refractivity contribution < 1.29 is 0 Å². The molecule has 1 aromatic heterocycles. The van der Waals surface area contributed by atoms with Crippen molar-refractivity contribution in [3.8, 4) is 55.9 Å². The molecule has 2 nitrogen and oxygen atoms in total. The van der Waals surface area contributed by atoms with Crippen LogP contribution >= 0.6 is 0 Å². The maximum absolute atomic E-state index is 4.92. The summed E-state index contributed by atoms with van der Waals surface area (Å²) in [5.41, 5.74) is 15.2. The van der Waals surface area contributed by atoms with Crippen LogP contribution in [0.5, 0.6) is 0 Å². The van der Waals surface area contributed by atoms with E-state index in [1.54, 1.807) is 0 Å². The van der Waals surface area contributed by atoms with Crippen LogP contribution in [0, 0.1) is 0 Å². The Morgan fingerprint density at radius 3 is 1.76 bits per heavy atom. The molecule has 9 aromatic rings. The molecular formula is C56H48N2. The number of benzene rings is 8. The van der Waals surface area contributed by atoms with Gasteiger partial charge in [0.15, 0.2) is 0 Å². The Labute approximate surface area is 342 Å². The highest BCUT2D eigenvalue weighted by atomic mass is 14.9. The molecule has 0 saturated heterocycles. The monoisotopic (exact) mass is 748 g/mol. The summed E-state index contributed by atoms with van der Waals surface area (Å²) in [5.74, 6) is 0.874. The lowest BCUT2D eigenvalue weighted by molar-refractivity contribution is 1.34. The van der Waals surface area contributed by atoms with Gasteiger partial charge in [0.2, 0.25) is 0 Å². The van der Waals surface area contributed by atoms with Crippen LogP contribution in [0.25, 0.3) is 94.0 Å². The van der Waals surface area contributed by atoms with Gasteiger partial charge in [-0.3, -0.25) is 0 Å². The second-order valence-corrected chi connectivity index (χ2v) is 13.9. The molecule has 0 spiro atoms. The molecule has 0 amide bonds. The topological polar surface area (TPSA) is 28.7 Å². The maximum atomic E-state index is 4.92. The Morgan fingerprint density at radius 1 is 0.431 bits per heavy atom. The highest BCUT2D eigenvalue weighted by molar-refractivity contribution is 6.23. The van der Waals surface area contributed by atoms with Gasteiger partial charge in [0.05, 0.1) is 11.0 Å². The number of aromatic nitrogens is 2. The Hall–Kier alpha value is -7.03. The average molecular weight is 749 g/mol. The Bertz CT molecular complexity index is 2920. The smallest absolute Gasteiger partial charge is 0.138 e. The molecule has 0 fully saturated rings. The van der Waals surface area contributed by atoms with Gasteiger partial charge in [-0.15, -0.1) is 0 Å². The number of fused-ring (bicyclic) bond motifs is 3. The van der Waals surface area contributed by atoms with Crippen LogP contribution in [0.3, 0.4) is 0 Å². The number of aromatic amines is 1. The third-order valence-electron chi connectivity index (χ3n) is 10.7. The molecule has 1 heterocycles. The Morgan fingerprint density at radius 2 is 1.00 bits per heavy atom. The van der Waals surface area contributed by atoms with E-state index < -0.39 is 0 Å². The molecule has 0 unspecified atom stereocenters. The third kappa shape index (κ3) is 7.22.